The first-order valence-corrected chi connectivity index (χ1v) is 8.15. The van der Waals surface area contributed by atoms with Crippen LogP contribution in [-0.4, -0.2) is 36.2 Å². The Hall–Kier alpha value is -2.66. The van der Waals surface area contributed by atoms with Crippen LogP contribution >= 0.6 is 0 Å². The number of rotatable bonds is 9. The van der Waals surface area contributed by atoms with Crippen LogP contribution in [0.5, 0.6) is 5.75 Å². The van der Waals surface area contributed by atoms with Crippen LogP contribution in [0.1, 0.15) is 28.4 Å². The molecule has 0 radical (unpaired) electrons. The molecule has 0 amide bonds. The zero-order valence-corrected chi connectivity index (χ0v) is 14.4. The Balaban J connectivity index is 1.91. The van der Waals surface area contributed by atoms with Gasteiger partial charge in [0.1, 0.15) is 5.75 Å². The first kappa shape index (κ1) is 18.7. The van der Waals surface area contributed by atoms with E-state index in [9.17, 15) is 9.59 Å². The lowest BCUT2D eigenvalue weighted by atomic mass is 10.1. The maximum atomic E-state index is 12.1. The summed E-state index contributed by atoms with van der Waals surface area (Å²) in [5.41, 5.74) is 2.48. The Kier molecular flexibility index (Phi) is 6.71. The van der Waals surface area contributed by atoms with Crippen LogP contribution in [0, 0.1) is 6.92 Å². The Morgan fingerprint density at radius 1 is 1.12 bits per heavy atom. The number of ketones is 1. The van der Waals surface area contributed by atoms with Crippen molar-refractivity contribution < 1.29 is 24.2 Å². The van der Waals surface area contributed by atoms with E-state index in [1.165, 1.54) is 0 Å². The Labute approximate surface area is 147 Å². The van der Waals surface area contributed by atoms with Gasteiger partial charge in [0, 0.05) is 18.6 Å². The summed E-state index contributed by atoms with van der Waals surface area (Å²) in [6, 6.07) is 14.4. The van der Waals surface area contributed by atoms with Gasteiger partial charge in [-0.3, -0.25) is 4.79 Å². The van der Waals surface area contributed by atoms with Crippen molar-refractivity contribution in [3.63, 3.8) is 0 Å². The molecule has 0 aliphatic carbocycles. The molecule has 0 saturated heterocycles. The number of aryl methyl sites for hydroxylation is 1. The quantitative estimate of drug-likeness (QED) is 0.708. The van der Waals surface area contributed by atoms with Crippen molar-refractivity contribution >= 4 is 11.8 Å². The summed E-state index contributed by atoms with van der Waals surface area (Å²) in [5.74, 6) is -0.506. The second-order valence-corrected chi connectivity index (χ2v) is 5.71. The van der Waals surface area contributed by atoms with E-state index in [4.69, 9.17) is 14.6 Å². The first-order valence-electron chi connectivity index (χ1n) is 8.15. The number of carboxylic acids is 1. The number of carbonyl (C=O) groups excluding carboxylic acids is 1. The molecule has 1 atom stereocenters. The van der Waals surface area contributed by atoms with Gasteiger partial charge in [0.25, 0.3) is 0 Å². The van der Waals surface area contributed by atoms with Crippen LogP contribution in [0.2, 0.25) is 0 Å². The molecule has 2 aromatic carbocycles. The van der Waals surface area contributed by atoms with Crippen molar-refractivity contribution in [2.75, 3.05) is 13.2 Å². The molecule has 5 nitrogen and oxygen atoms in total. The molecule has 0 saturated carbocycles. The Bertz CT molecular complexity index is 721. The third kappa shape index (κ3) is 5.72. The molecule has 1 unspecified atom stereocenters. The SMILES string of the molecule is CCOC(Cc1ccc(OCC(=O)c2cccc(C)c2)cc1)C(=O)O. The van der Waals surface area contributed by atoms with Crippen molar-refractivity contribution in [2.24, 2.45) is 0 Å². The number of ether oxygens (including phenoxy) is 2. The molecule has 0 spiro atoms. The number of Topliss-reactive ketones (excluding diaryl/α,β-unsaturated/α-hetero) is 1. The van der Waals surface area contributed by atoms with Gasteiger partial charge in [-0.25, -0.2) is 4.79 Å². The van der Waals surface area contributed by atoms with Gasteiger partial charge >= 0.3 is 5.97 Å². The van der Waals surface area contributed by atoms with Crippen molar-refractivity contribution in [3.8, 4) is 5.75 Å². The third-order valence-electron chi connectivity index (χ3n) is 3.70. The Morgan fingerprint density at radius 3 is 2.44 bits per heavy atom. The summed E-state index contributed by atoms with van der Waals surface area (Å²) in [6.45, 7) is 4.00. The monoisotopic (exact) mass is 342 g/mol. The molecule has 2 aromatic rings. The highest BCUT2D eigenvalue weighted by Gasteiger charge is 2.17. The summed E-state index contributed by atoms with van der Waals surface area (Å²) in [7, 11) is 0. The van der Waals surface area contributed by atoms with E-state index in [2.05, 4.69) is 0 Å². The summed E-state index contributed by atoms with van der Waals surface area (Å²) in [5, 5.41) is 9.11. The molecule has 132 valence electrons. The highest BCUT2D eigenvalue weighted by Crippen LogP contribution is 2.15. The van der Waals surface area contributed by atoms with E-state index in [-0.39, 0.29) is 18.8 Å². The van der Waals surface area contributed by atoms with Gasteiger partial charge in [-0.15, -0.1) is 0 Å². The van der Waals surface area contributed by atoms with E-state index >= 15 is 0 Å². The molecular weight excluding hydrogens is 320 g/mol. The van der Waals surface area contributed by atoms with E-state index in [1.54, 1.807) is 37.3 Å². The maximum absolute atomic E-state index is 12.1. The summed E-state index contributed by atoms with van der Waals surface area (Å²) < 4.78 is 10.7. The van der Waals surface area contributed by atoms with Crippen molar-refractivity contribution in [1.29, 1.82) is 0 Å². The standard InChI is InChI=1S/C20H22O5/c1-3-24-19(20(22)23)12-15-7-9-17(10-8-15)25-13-18(21)16-6-4-5-14(2)11-16/h4-11,19H,3,12-13H2,1-2H3,(H,22,23). The van der Waals surface area contributed by atoms with E-state index in [0.717, 1.165) is 11.1 Å². The van der Waals surface area contributed by atoms with Gasteiger partial charge in [-0.1, -0.05) is 35.9 Å². The molecule has 0 aromatic heterocycles. The average Bonchev–Trinajstić information content (AvgIpc) is 2.60. The van der Waals surface area contributed by atoms with Gasteiger partial charge in [0.15, 0.2) is 18.5 Å². The molecular formula is C20H22O5. The molecule has 5 heteroatoms. The second-order valence-electron chi connectivity index (χ2n) is 5.71. The third-order valence-corrected chi connectivity index (χ3v) is 3.70. The van der Waals surface area contributed by atoms with E-state index in [0.29, 0.717) is 17.9 Å². The summed E-state index contributed by atoms with van der Waals surface area (Å²) >= 11 is 0. The fourth-order valence-electron chi connectivity index (χ4n) is 2.41. The molecule has 0 bridgehead atoms. The van der Waals surface area contributed by atoms with Crippen LogP contribution in [0.4, 0.5) is 0 Å². The van der Waals surface area contributed by atoms with Crippen molar-refractivity contribution in [3.05, 3.63) is 65.2 Å². The van der Waals surface area contributed by atoms with E-state index in [1.807, 2.05) is 25.1 Å². The number of benzene rings is 2. The van der Waals surface area contributed by atoms with Crippen LogP contribution in [-0.2, 0) is 16.0 Å². The molecule has 0 aliphatic heterocycles. The molecule has 1 N–H and O–H groups in total. The topological polar surface area (TPSA) is 72.8 Å². The largest absolute Gasteiger partial charge is 0.485 e. The lowest BCUT2D eigenvalue weighted by Gasteiger charge is -2.12. The normalized spacial score (nSPS) is 11.8. The fraction of sp³-hybridized carbons (Fsp3) is 0.300. The average molecular weight is 342 g/mol. The molecule has 0 heterocycles. The number of hydrogen-bond acceptors (Lipinski definition) is 4. The van der Waals surface area contributed by atoms with Crippen molar-refractivity contribution in [2.45, 2.75) is 26.4 Å². The Morgan fingerprint density at radius 2 is 1.84 bits per heavy atom. The minimum atomic E-state index is -0.981. The van der Waals surface area contributed by atoms with Gasteiger partial charge in [-0.05, 0) is 37.6 Å². The smallest absolute Gasteiger partial charge is 0.333 e. The van der Waals surface area contributed by atoms with Crippen LogP contribution in [0.15, 0.2) is 48.5 Å². The van der Waals surface area contributed by atoms with Gasteiger partial charge in [0.05, 0.1) is 0 Å². The van der Waals surface area contributed by atoms with Crippen LogP contribution in [0.25, 0.3) is 0 Å². The van der Waals surface area contributed by atoms with Gasteiger partial charge in [0.2, 0.25) is 0 Å². The predicted molar refractivity (Wildman–Crippen MR) is 94.2 cm³/mol. The van der Waals surface area contributed by atoms with Crippen LogP contribution < -0.4 is 4.74 Å². The first-order chi connectivity index (χ1) is 12.0. The summed E-state index contributed by atoms with van der Waals surface area (Å²) in [4.78, 5) is 23.2. The molecule has 0 aliphatic rings. The molecule has 2 rings (SSSR count). The fourth-order valence-corrected chi connectivity index (χ4v) is 2.41. The molecule has 0 fully saturated rings. The lowest BCUT2D eigenvalue weighted by molar-refractivity contribution is -0.149. The highest BCUT2D eigenvalue weighted by atomic mass is 16.5. The maximum Gasteiger partial charge on any atom is 0.333 e. The van der Waals surface area contributed by atoms with Crippen molar-refractivity contribution in [1.82, 2.24) is 0 Å². The highest BCUT2D eigenvalue weighted by molar-refractivity contribution is 5.97. The summed E-state index contributed by atoms with van der Waals surface area (Å²) in [6.07, 6.45) is -0.578. The minimum absolute atomic E-state index is 0.0422. The van der Waals surface area contributed by atoms with Gasteiger partial charge < -0.3 is 14.6 Å². The number of hydrogen-bond donors (Lipinski definition) is 1. The number of carboxylic acid groups (broad SMARTS) is 1. The lowest BCUT2D eigenvalue weighted by Crippen LogP contribution is -2.26. The van der Waals surface area contributed by atoms with Crippen LogP contribution in [0.3, 0.4) is 0 Å². The minimum Gasteiger partial charge on any atom is -0.485 e. The zero-order chi connectivity index (χ0) is 18.2. The van der Waals surface area contributed by atoms with Gasteiger partial charge in [-0.2, -0.15) is 0 Å². The van der Waals surface area contributed by atoms with E-state index < -0.39 is 12.1 Å². The second kappa shape index (κ2) is 8.99. The predicted octanol–water partition coefficient (Wildman–Crippen LogP) is 3.29. The number of carbonyl (C=O) groups is 2. The number of aliphatic carboxylic acids is 1. The zero-order valence-electron chi connectivity index (χ0n) is 14.4. The molecule has 25 heavy (non-hydrogen) atoms.